The minimum absolute atomic E-state index is 0.0451. The van der Waals surface area contributed by atoms with Crippen LogP contribution in [0.15, 0.2) is 18.2 Å². The average Bonchev–Trinajstić information content (AvgIpc) is 2.91. The van der Waals surface area contributed by atoms with Crippen LogP contribution in [0.5, 0.6) is 0 Å². The van der Waals surface area contributed by atoms with Gasteiger partial charge in [0.1, 0.15) is 0 Å². The van der Waals surface area contributed by atoms with E-state index in [4.69, 9.17) is 16.7 Å². The minimum atomic E-state index is -1.08. The van der Waals surface area contributed by atoms with Gasteiger partial charge in [-0.05, 0) is 30.5 Å². The lowest BCUT2D eigenvalue weighted by molar-refractivity contribution is 0.0697. The lowest BCUT2D eigenvalue weighted by atomic mass is 10.0. The number of urea groups is 1. The Morgan fingerprint density at radius 3 is 2.62 bits per heavy atom. The van der Waals surface area contributed by atoms with Crippen LogP contribution in [-0.2, 0) is 0 Å². The van der Waals surface area contributed by atoms with Gasteiger partial charge in [-0.3, -0.25) is 0 Å². The zero-order valence-electron chi connectivity index (χ0n) is 11.7. The fourth-order valence-electron chi connectivity index (χ4n) is 2.65. The molecule has 1 saturated carbocycles. The second-order valence-corrected chi connectivity index (χ2v) is 5.79. The van der Waals surface area contributed by atoms with Crippen LogP contribution in [-0.4, -0.2) is 23.7 Å². The average molecular weight is 311 g/mol. The zero-order valence-corrected chi connectivity index (χ0v) is 12.4. The van der Waals surface area contributed by atoms with Crippen molar-refractivity contribution in [1.82, 2.24) is 5.32 Å². The fourth-order valence-corrected chi connectivity index (χ4v) is 2.88. The molecule has 0 spiro atoms. The highest BCUT2D eigenvalue weighted by Crippen LogP contribution is 2.26. The Labute approximate surface area is 128 Å². The van der Waals surface area contributed by atoms with Gasteiger partial charge in [-0.2, -0.15) is 0 Å². The molecule has 1 aliphatic rings. The van der Waals surface area contributed by atoms with E-state index in [0.29, 0.717) is 12.2 Å². The van der Waals surface area contributed by atoms with Gasteiger partial charge in [-0.1, -0.05) is 37.3 Å². The molecule has 2 amide bonds. The Bertz CT molecular complexity index is 528. The number of carboxylic acid groups (broad SMARTS) is 1. The molecule has 1 aromatic carbocycles. The summed E-state index contributed by atoms with van der Waals surface area (Å²) in [6, 6.07) is 3.90. The van der Waals surface area contributed by atoms with Crippen molar-refractivity contribution in [2.24, 2.45) is 5.92 Å². The lowest BCUT2D eigenvalue weighted by Crippen LogP contribution is -2.30. The molecule has 5 nitrogen and oxygen atoms in total. The fraction of sp³-hybridized carbons (Fsp3) is 0.467. The molecule has 114 valence electrons. The summed E-state index contributed by atoms with van der Waals surface area (Å²) in [5, 5.41) is 14.6. The normalized spacial score (nSPS) is 14.9. The number of halogens is 1. The Morgan fingerprint density at radius 2 is 1.95 bits per heavy atom. The number of benzene rings is 1. The number of carboxylic acids is 1. The van der Waals surface area contributed by atoms with Crippen molar-refractivity contribution in [3.8, 4) is 0 Å². The van der Waals surface area contributed by atoms with Crippen molar-refractivity contribution in [1.29, 1.82) is 0 Å². The van der Waals surface area contributed by atoms with Crippen molar-refractivity contribution in [3.05, 3.63) is 28.8 Å². The Balaban J connectivity index is 1.82. The molecular formula is C15H19ClN2O3. The first kappa shape index (κ1) is 15.6. The van der Waals surface area contributed by atoms with Crippen LogP contribution in [0.4, 0.5) is 10.5 Å². The van der Waals surface area contributed by atoms with Gasteiger partial charge in [-0.25, -0.2) is 9.59 Å². The quantitative estimate of drug-likeness (QED) is 0.775. The third kappa shape index (κ3) is 4.93. The molecule has 0 bridgehead atoms. The predicted molar refractivity (Wildman–Crippen MR) is 82.0 cm³/mol. The summed E-state index contributed by atoms with van der Waals surface area (Å²) in [6.45, 7) is 0.628. The second-order valence-electron chi connectivity index (χ2n) is 5.35. The van der Waals surface area contributed by atoms with Gasteiger partial charge in [0.05, 0.1) is 5.56 Å². The zero-order chi connectivity index (χ0) is 15.2. The van der Waals surface area contributed by atoms with Crippen molar-refractivity contribution in [2.75, 3.05) is 11.9 Å². The van der Waals surface area contributed by atoms with Crippen molar-refractivity contribution in [2.45, 2.75) is 32.1 Å². The minimum Gasteiger partial charge on any atom is -0.478 e. The molecule has 0 radical (unpaired) electrons. The first-order chi connectivity index (χ1) is 10.0. The van der Waals surface area contributed by atoms with Crippen molar-refractivity contribution >= 4 is 29.3 Å². The SMILES string of the molecule is O=C(NCCC1CCCC1)Nc1cc(Cl)cc(C(=O)O)c1. The molecule has 0 saturated heterocycles. The number of hydrogen-bond acceptors (Lipinski definition) is 2. The maximum atomic E-state index is 11.8. The van der Waals surface area contributed by atoms with Crippen molar-refractivity contribution in [3.63, 3.8) is 0 Å². The predicted octanol–water partition coefficient (Wildman–Crippen LogP) is 3.74. The summed E-state index contributed by atoms with van der Waals surface area (Å²) < 4.78 is 0. The topological polar surface area (TPSA) is 78.4 Å². The molecule has 3 N–H and O–H groups in total. The van der Waals surface area contributed by atoms with Gasteiger partial charge in [0.25, 0.3) is 0 Å². The van der Waals surface area contributed by atoms with Crippen LogP contribution < -0.4 is 10.6 Å². The highest BCUT2D eigenvalue weighted by molar-refractivity contribution is 6.31. The number of amides is 2. The molecule has 2 rings (SSSR count). The number of hydrogen-bond donors (Lipinski definition) is 3. The third-order valence-corrected chi connectivity index (χ3v) is 3.93. The summed E-state index contributed by atoms with van der Waals surface area (Å²) in [5.41, 5.74) is 0.419. The number of aromatic carboxylic acids is 1. The van der Waals surface area contributed by atoms with Crippen LogP contribution in [0.2, 0.25) is 5.02 Å². The van der Waals surface area contributed by atoms with E-state index in [2.05, 4.69) is 10.6 Å². The molecular weight excluding hydrogens is 292 g/mol. The molecule has 0 aromatic heterocycles. The molecule has 21 heavy (non-hydrogen) atoms. The number of carbonyl (C=O) groups is 2. The summed E-state index contributed by atoms with van der Waals surface area (Å²) in [5.74, 6) is -0.364. The molecule has 1 aliphatic carbocycles. The Kier molecular flexibility index (Phi) is 5.44. The second kappa shape index (κ2) is 7.31. The molecule has 0 heterocycles. The smallest absolute Gasteiger partial charge is 0.335 e. The molecule has 0 unspecified atom stereocenters. The van der Waals surface area contributed by atoms with E-state index in [9.17, 15) is 9.59 Å². The van der Waals surface area contributed by atoms with Crippen molar-refractivity contribution < 1.29 is 14.7 Å². The van der Waals surface area contributed by atoms with E-state index in [-0.39, 0.29) is 16.6 Å². The molecule has 1 aromatic rings. The third-order valence-electron chi connectivity index (χ3n) is 3.72. The summed E-state index contributed by atoms with van der Waals surface area (Å²) in [4.78, 5) is 22.7. The van der Waals surface area contributed by atoms with Crippen LogP contribution in [0.1, 0.15) is 42.5 Å². The molecule has 1 fully saturated rings. The van der Waals surface area contributed by atoms with E-state index < -0.39 is 5.97 Å². The largest absolute Gasteiger partial charge is 0.478 e. The summed E-state index contributed by atoms with van der Waals surface area (Å²) in [7, 11) is 0. The maximum absolute atomic E-state index is 11.8. The lowest BCUT2D eigenvalue weighted by Gasteiger charge is -2.11. The Morgan fingerprint density at radius 1 is 1.24 bits per heavy atom. The molecule has 6 heteroatoms. The number of anilines is 1. The number of nitrogens with one attached hydrogen (secondary N) is 2. The van der Waals surface area contributed by atoms with Gasteiger partial charge in [-0.15, -0.1) is 0 Å². The van der Waals surface area contributed by atoms with E-state index in [1.165, 1.54) is 43.9 Å². The van der Waals surface area contributed by atoms with Crippen LogP contribution >= 0.6 is 11.6 Å². The van der Waals surface area contributed by atoms with Gasteiger partial charge >= 0.3 is 12.0 Å². The van der Waals surface area contributed by atoms with Gasteiger partial charge in [0.15, 0.2) is 0 Å². The maximum Gasteiger partial charge on any atom is 0.335 e. The van der Waals surface area contributed by atoms with Gasteiger partial charge < -0.3 is 15.7 Å². The van der Waals surface area contributed by atoms with Crippen LogP contribution in [0.25, 0.3) is 0 Å². The van der Waals surface area contributed by atoms with E-state index in [1.54, 1.807) is 0 Å². The van der Waals surface area contributed by atoms with Crippen LogP contribution in [0.3, 0.4) is 0 Å². The number of rotatable bonds is 5. The van der Waals surface area contributed by atoms with Gasteiger partial charge in [0, 0.05) is 17.3 Å². The van der Waals surface area contributed by atoms with Gasteiger partial charge in [0.2, 0.25) is 0 Å². The first-order valence-electron chi connectivity index (χ1n) is 7.13. The number of carbonyl (C=O) groups excluding carboxylic acids is 1. The highest BCUT2D eigenvalue weighted by atomic mass is 35.5. The first-order valence-corrected chi connectivity index (χ1v) is 7.51. The van der Waals surface area contributed by atoms with E-state index in [1.807, 2.05) is 0 Å². The monoisotopic (exact) mass is 310 g/mol. The van der Waals surface area contributed by atoms with E-state index in [0.717, 1.165) is 12.3 Å². The van der Waals surface area contributed by atoms with Crippen LogP contribution in [0, 0.1) is 5.92 Å². The summed E-state index contributed by atoms with van der Waals surface area (Å²) in [6.07, 6.45) is 6.07. The molecule has 0 atom stereocenters. The Hall–Kier alpha value is -1.75. The standard InChI is InChI=1S/C15H19ClN2O3/c16-12-7-11(14(19)20)8-13(9-12)18-15(21)17-6-5-10-3-1-2-4-10/h7-10H,1-6H2,(H,19,20)(H2,17,18,21). The van der Waals surface area contributed by atoms with E-state index >= 15 is 0 Å². The molecule has 0 aliphatic heterocycles. The summed E-state index contributed by atoms with van der Waals surface area (Å²) >= 11 is 5.83. The highest BCUT2D eigenvalue weighted by Gasteiger charge is 2.15.